The maximum atomic E-state index is 12.6. The number of hydrogen-bond acceptors (Lipinski definition) is 12. The molecule has 0 saturated carbocycles. The summed E-state index contributed by atoms with van der Waals surface area (Å²) in [6.07, 6.45) is 0.808. The summed E-state index contributed by atoms with van der Waals surface area (Å²) in [6, 6.07) is 13.5. The van der Waals surface area contributed by atoms with E-state index in [1.807, 2.05) is 6.07 Å². The molecule has 0 radical (unpaired) electrons. The van der Waals surface area contributed by atoms with E-state index in [1.165, 1.54) is 12.1 Å². The summed E-state index contributed by atoms with van der Waals surface area (Å²) in [4.78, 5) is 64.8. The number of carbonyl (C=O) groups excluding carboxylic acids is 5. The molecule has 0 saturated heterocycles. The van der Waals surface area contributed by atoms with Crippen molar-refractivity contribution < 1.29 is 48.4 Å². The molecule has 1 aliphatic heterocycles. The first-order chi connectivity index (χ1) is 23.3. The van der Waals surface area contributed by atoms with Crippen LogP contribution < -0.4 is 26.0 Å². The van der Waals surface area contributed by atoms with Crippen molar-refractivity contribution in [2.45, 2.75) is 33.3 Å². The SMILES string of the molecule is CCOC(=O)C1=C(O)/C(=C/c2ccc(OCCNC(=O)CNC(=O)CNC(=O)CNC(=O)OC(C)(C)C)c(O)c2)SC1=Nc1ccccc1. The smallest absolute Gasteiger partial charge is 0.408 e. The number of aliphatic imine (C=N–C) groups is 1. The maximum Gasteiger partial charge on any atom is 0.408 e. The number of thioether (sulfide) groups is 1. The van der Waals surface area contributed by atoms with Crippen LogP contribution in [0.4, 0.5) is 10.5 Å². The monoisotopic (exact) mass is 697 g/mol. The van der Waals surface area contributed by atoms with Crippen LogP contribution in [-0.2, 0) is 28.7 Å². The van der Waals surface area contributed by atoms with Crippen LogP contribution in [0.5, 0.6) is 11.5 Å². The number of carbonyl (C=O) groups is 5. The zero-order chi connectivity index (χ0) is 36.0. The van der Waals surface area contributed by atoms with Crippen molar-refractivity contribution in [3.63, 3.8) is 0 Å². The predicted molar refractivity (Wildman–Crippen MR) is 182 cm³/mol. The number of hydrogen-bond donors (Lipinski definition) is 6. The van der Waals surface area contributed by atoms with E-state index < -0.39 is 41.9 Å². The van der Waals surface area contributed by atoms with E-state index in [0.29, 0.717) is 16.2 Å². The lowest BCUT2D eigenvalue weighted by molar-refractivity contribution is -0.138. The van der Waals surface area contributed by atoms with Crippen LogP contribution in [0.3, 0.4) is 0 Å². The number of phenolic OH excluding ortho intramolecular Hbond substituents is 1. The van der Waals surface area contributed by atoms with E-state index in [4.69, 9.17) is 14.2 Å². The molecule has 49 heavy (non-hydrogen) atoms. The minimum absolute atomic E-state index is 0.00399. The largest absolute Gasteiger partial charge is 0.506 e. The number of esters is 1. The molecule has 0 aromatic heterocycles. The van der Waals surface area contributed by atoms with Gasteiger partial charge in [-0.1, -0.05) is 36.0 Å². The van der Waals surface area contributed by atoms with Crippen molar-refractivity contribution >= 4 is 58.4 Å². The van der Waals surface area contributed by atoms with Gasteiger partial charge in [0.15, 0.2) is 11.5 Å². The van der Waals surface area contributed by atoms with Gasteiger partial charge in [-0.3, -0.25) is 14.4 Å². The Bertz CT molecular complexity index is 1630. The van der Waals surface area contributed by atoms with E-state index >= 15 is 0 Å². The van der Waals surface area contributed by atoms with Gasteiger partial charge in [0.2, 0.25) is 17.7 Å². The predicted octanol–water partition coefficient (Wildman–Crippen LogP) is 2.84. The highest BCUT2D eigenvalue weighted by Gasteiger charge is 2.33. The fourth-order valence-corrected chi connectivity index (χ4v) is 4.91. The Balaban J connectivity index is 1.44. The standard InChI is InChI=1S/C33H39N5O10S/c1-5-46-31(44)28-29(43)24(49-30(28)38-21-9-7-6-8-10-21)16-20-11-12-23(22(39)15-20)47-14-13-34-25(40)17-35-26(41)18-36-27(42)19-37-32(45)48-33(2,3)4/h6-12,15-16,39,43H,5,13-14,17-19H2,1-4H3,(H,34,40)(H,35,41)(H,36,42)(H,37,45)/b24-16-,38-30?. The van der Waals surface area contributed by atoms with Gasteiger partial charge in [-0.25, -0.2) is 14.6 Å². The van der Waals surface area contributed by atoms with E-state index in [-0.39, 0.29) is 60.7 Å². The molecule has 16 heteroatoms. The highest BCUT2D eigenvalue weighted by atomic mass is 32.2. The third kappa shape index (κ3) is 12.9. The Morgan fingerprint density at radius 1 is 0.878 bits per heavy atom. The maximum absolute atomic E-state index is 12.6. The number of nitrogens with zero attached hydrogens (tertiary/aromatic N) is 1. The summed E-state index contributed by atoms with van der Waals surface area (Å²) in [5.41, 5.74) is 0.323. The second kappa shape index (κ2) is 18.1. The molecule has 0 fully saturated rings. The molecule has 0 unspecified atom stereocenters. The van der Waals surface area contributed by atoms with Crippen LogP contribution in [-0.4, -0.2) is 90.0 Å². The van der Waals surface area contributed by atoms with Crippen LogP contribution in [0.25, 0.3) is 6.08 Å². The number of aliphatic hydroxyl groups excluding tert-OH is 1. The summed E-state index contributed by atoms with van der Waals surface area (Å²) in [6.45, 7) is 5.72. The van der Waals surface area contributed by atoms with Crippen molar-refractivity contribution in [1.29, 1.82) is 0 Å². The molecule has 0 atom stereocenters. The molecular weight excluding hydrogens is 658 g/mol. The molecule has 3 rings (SSSR count). The van der Waals surface area contributed by atoms with Gasteiger partial charge in [-0.15, -0.1) is 0 Å². The number of aromatic hydroxyl groups is 1. The van der Waals surface area contributed by atoms with Crippen molar-refractivity contribution in [1.82, 2.24) is 21.3 Å². The topological polar surface area (TPSA) is 214 Å². The number of aliphatic hydroxyl groups is 1. The molecule has 2 aromatic carbocycles. The van der Waals surface area contributed by atoms with Crippen LogP contribution >= 0.6 is 11.8 Å². The normalized spacial score (nSPS) is 14.3. The summed E-state index contributed by atoms with van der Waals surface area (Å²) < 4.78 is 15.7. The highest BCUT2D eigenvalue weighted by molar-refractivity contribution is 8.18. The lowest BCUT2D eigenvalue weighted by atomic mass is 10.1. The van der Waals surface area contributed by atoms with Gasteiger partial charge in [-0.2, -0.15) is 0 Å². The Morgan fingerprint density at radius 3 is 2.12 bits per heavy atom. The number of rotatable bonds is 14. The first kappa shape index (κ1) is 37.9. The lowest BCUT2D eigenvalue weighted by Crippen LogP contribution is -2.45. The van der Waals surface area contributed by atoms with Gasteiger partial charge in [0.25, 0.3) is 0 Å². The molecule has 262 valence electrons. The van der Waals surface area contributed by atoms with Gasteiger partial charge in [0.1, 0.15) is 35.1 Å². The zero-order valence-corrected chi connectivity index (χ0v) is 28.3. The van der Waals surface area contributed by atoms with Gasteiger partial charge < -0.3 is 45.7 Å². The fraction of sp³-hybridized carbons (Fsp3) is 0.333. The number of benzene rings is 2. The number of amides is 4. The molecule has 0 bridgehead atoms. The van der Waals surface area contributed by atoms with Gasteiger partial charge in [0.05, 0.1) is 36.8 Å². The number of nitrogens with one attached hydrogen (secondary N) is 4. The van der Waals surface area contributed by atoms with E-state index in [1.54, 1.807) is 64.1 Å². The Hall–Kier alpha value is -5.51. The third-order valence-electron chi connectivity index (χ3n) is 6.00. The van der Waals surface area contributed by atoms with Gasteiger partial charge in [-0.05, 0) is 63.6 Å². The molecule has 15 nitrogen and oxygen atoms in total. The first-order valence-corrected chi connectivity index (χ1v) is 15.9. The molecule has 6 N–H and O–H groups in total. The van der Waals surface area contributed by atoms with E-state index in [0.717, 1.165) is 11.8 Å². The van der Waals surface area contributed by atoms with Crippen LogP contribution in [0.1, 0.15) is 33.3 Å². The molecule has 4 amide bonds. The lowest BCUT2D eigenvalue weighted by Gasteiger charge is -2.19. The second-order valence-corrected chi connectivity index (χ2v) is 12.2. The van der Waals surface area contributed by atoms with Crippen molar-refractivity contribution in [2.24, 2.45) is 4.99 Å². The summed E-state index contributed by atoms with van der Waals surface area (Å²) >= 11 is 1.08. The molecular formula is C33H39N5O10S. The molecule has 0 spiro atoms. The minimum atomic E-state index is -0.772. The Morgan fingerprint density at radius 2 is 1.51 bits per heavy atom. The van der Waals surface area contributed by atoms with Gasteiger partial charge in [0, 0.05) is 0 Å². The zero-order valence-electron chi connectivity index (χ0n) is 27.5. The van der Waals surface area contributed by atoms with Gasteiger partial charge >= 0.3 is 12.1 Å². The number of alkyl carbamates (subject to hydrolysis) is 1. The molecule has 1 heterocycles. The van der Waals surface area contributed by atoms with Crippen molar-refractivity contribution in [3.05, 3.63) is 70.3 Å². The summed E-state index contributed by atoms with van der Waals surface area (Å²) in [5, 5.41) is 31.1. The van der Waals surface area contributed by atoms with Crippen LogP contribution in [0.15, 0.2) is 69.8 Å². The summed E-state index contributed by atoms with van der Waals surface area (Å²) in [5.74, 6) is -2.81. The Kier molecular flexibility index (Phi) is 14.1. The second-order valence-electron chi connectivity index (χ2n) is 11.1. The first-order valence-electron chi connectivity index (χ1n) is 15.1. The van der Waals surface area contributed by atoms with E-state index in [9.17, 15) is 34.2 Å². The fourth-order valence-electron chi connectivity index (χ4n) is 3.87. The highest BCUT2D eigenvalue weighted by Crippen LogP contribution is 2.41. The Labute approximate surface area is 287 Å². The number of ether oxygens (including phenoxy) is 3. The van der Waals surface area contributed by atoms with Crippen molar-refractivity contribution in [2.75, 3.05) is 39.4 Å². The third-order valence-corrected chi connectivity index (χ3v) is 7.02. The van der Waals surface area contributed by atoms with Crippen LogP contribution in [0.2, 0.25) is 0 Å². The van der Waals surface area contributed by atoms with E-state index in [2.05, 4.69) is 26.3 Å². The average molecular weight is 698 g/mol. The molecule has 0 aliphatic carbocycles. The quantitative estimate of drug-likeness (QED) is 0.125. The minimum Gasteiger partial charge on any atom is -0.506 e. The molecule has 2 aromatic rings. The average Bonchev–Trinajstić information content (AvgIpc) is 3.34. The number of para-hydroxylation sites is 1. The molecule has 1 aliphatic rings. The number of phenols is 1. The van der Waals surface area contributed by atoms with Crippen LogP contribution in [0, 0.1) is 0 Å². The van der Waals surface area contributed by atoms with Crippen molar-refractivity contribution in [3.8, 4) is 11.5 Å². The summed E-state index contributed by atoms with van der Waals surface area (Å²) in [7, 11) is 0.